The summed E-state index contributed by atoms with van der Waals surface area (Å²) in [7, 11) is 1.68. The van der Waals surface area contributed by atoms with Gasteiger partial charge in [0.15, 0.2) is 11.9 Å². The van der Waals surface area contributed by atoms with E-state index in [4.69, 9.17) is 9.26 Å². The molecular formula is C22H28N3O4+. The van der Waals surface area contributed by atoms with E-state index in [-0.39, 0.29) is 24.3 Å². The third-order valence-electron chi connectivity index (χ3n) is 6.23. The molecule has 2 aromatic rings. The molecule has 2 aliphatic rings. The lowest BCUT2D eigenvalue weighted by Gasteiger charge is -2.32. The van der Waals surface area contributed by atoms with E-state index in [1.165, 1.54) is 15.4 Å². The number of rotatable bonds is 6. The Balaban J connectivity index is 1.29. The number of aromatic nitrogens is 1. The molecule has 3 heterocycles. The number of carbonyl (C=O) groups is 2. The molecule has 0 bridgehead atoms. The second-order valence-corrected chi connectivity index (χ2v) is 8.11. The molecule has 2 amide bonds. The third kappa shape index (κ3) is 4.19. The van der Waals surface area contributed by atoms with Crippen LogP contribution >= 0.6 is 0 Å². The Morgan fingerprint density at radius 1 is 1.21 bits per heavy atom. The molecule has 154 valence electrons. The fraction of sp³-hybridized carbons (Fsp3) is 0.500. The van der Waals surface area contributed by atoms with Crippen molar-refractivity contribution in [3.8, 4) is 5.75 Å². The van der Waals surface area contributed by atoms with E-state index >= 15 is 0 Å². The predicted molar refractivity (Wildman–Crippen MR) is 107 cm³/mol. The standard InChI is InChI=1S/C22H27N3O4/c1-15-13-20(23-29-15)25-21(26)14-19(22(25)27)24-11-9-17(10-12-24)4-3-16-5-7-18(28-2)8-6-16/h5-8,13,17,19H,3-4,9-12,14H2,1-2H3/p+1/t19-/m1/s1. The number of methoxy groups -OCH3 is 1. The number of hydrogen-bond acceptors (Lipinski definition) is 5. The van der Waals surface area contributed by atoms with Crippen molar-refractivity contribution >= 4 is 17.6 Å². The lowest BCUT2D eigenvalue weighted by molar-refractivity contribution is -0.920. The van der Waals surface area contributed by atoms with Crippen LogP contribution in [-0.2, 0) is 16.0 Å². The molecule has 2 saturated heterocycles. The number of piperidine rings is 1. The van der Waals surface area contributed by atoms with Crippen LogP contribution in [0, 0.1) is 12.8 Å². The lowest BCUT2D eigenvalue weighted by Crippen LogP contribution is -3.17. The maximum atomic E-state index is 12.9. The molecule has 1 atom stereocenters. The van der Waals surface area contributed by atoms with Crippen molar-refractivity contribution in [3.63, 3.8) is 0 Å². The number of aryl methyl sites for hydroxylation is 2. The zero-order valence-electron chi connectivity index (χ0n) is 17.0. The first kappa shape index (κ1) is 19.6. The van der Waals surface area contributed by atoms with E-state index in [2.05, 4.69) is 17.3 Å². The van der Waals surface area contributed by atoms with Gasteiger partial charge in [-0.25, -0.2) is 4.90 Å². The molecule has 2 fully saturated rings. The van der Waals surface area contributed by atoms with Crippen LogP contribution in [0.25, 0.3) is 0 Å². The largest absolute Gasteiger partial charge is 0.497 e. The van der Waals surface area contributed by atoms with Crippen LogP contribution in [0.2, 0.25) is 0 Å². The molecule has 7 heteroatoms. The Hall–Kier alpha value is -2.67. The molecule has 7 nitrogen and oxygen atoms in total. The van der Waals surface area contributed by atoms with Crippen LogP contribution in [0.15, 0.2) is 34.9 Å². The summed E-state index contributed by atoms with van der Waals surface area (Å²) in [5.74, 6) is 2.14. The number of nitrogens with zero attached hydrogens (tertiary/aromatic N) is 2. The first-order valence-corrected chi connectivity index (χ1v) is 10.3. The third-order valence-corrected chi connectivity index (χ3v) is 6.23. The second kappa shape index (κ2) is 8.37. The summed E-state index contributed by atoms with van der Waals surface area (Å²) in [5, 5.41) is 3.85. The molecule has 0 aliphatic carbocycles. The number of benzene rings is 1. The zero-order chi connectivity index (χ0) is 20.4. The maximum absolute atomic E-state index is 12.9. The number of imide groups is 1. The quantitative estimate of drug-likeness (QED) is 0.747. The Labute approximate surface area is 170 Å². The first-order chi connectivity index (χ1) is 14.0. The van der Waals surface area contributed by atoms with Crippen LogP contribution in [-0.4, -0.2) is 43.2 Å². The number of quaternary nitrogens is 1. The number of carbonyl (C=O) groups excluding carboxylic acids is 2. The number of likely N-dealkylation sites (tertiary alicyclic amines) is 1. The molecule has 29 heavy (non-hydrogen) atoms. The van der Waals surface area contributed by atoms with Crippen LogP contribution in [0.3, 0.4) is 0 Å². The molecule has 1 aromatic heterocycles. The first-order valence-electron chi connectivity index (χ1n) is 10.3. The highest BCUT2D eigenvalue weighted by Gasteiger charge is 2.47. The van der Waals surface area contributed by atoms with Gasteiger partial charge in [-0.3, -0.25) is 9.59 Å². The van der Waals surface area contributed by atoms with Crippen molar-refractivity contribution in [1.82, 2.24) is 5.16 Å². The number of amides is 2. The fourth-order valence-corrected chi connectivity index (χ4v) is 4.50. The van der Waals surface area contributed by atoms with Gasteiger partial charge in [-0.15, -0.1) is 0 Å². The summed E-state index contributed by atoms with van der Waals surface area (Å²) in [6, 6.07) is 9.62. The minimum absolute atomic E-state index is 0.144. The Morgan fingerprint density at radius 3 is 2.55 bits per heavy atom. The van der Waals surface area contributed by atoms with Gasteiger partial charge >= 0.3 is 0 Å². The van der Waals surface area contributed by atoms with Crippen molar-refractivity contribution in [2.24, 2.45) is 5.92 Å². The number of hydrogen-bond donors (Lipinski definition) is 1. The number of nitrogens with one attached hydrogen (secondary N) is 1. The molecule has 1 N–H and O–H groups in total. The highest BCUT2D eigenvalue weighted by atomic mass is 16.5. The van der Waals surface area contributed by atoms with E-state index in [1.54, 1.807) is 20.1 Å². The lowest BCUT2D eigenvalue weighted by atomic mass is 9.90. The van der Waals surface area contributed by atoms with Crippen molar-refractivity contribution in [3.05, 3.63) is 41.7 Å². The van der Waals surface area contributed by atoms with Crippen LogP contribution in [0.4, 0.5) is 5.82 Å². The van der Waals surface area contributed by atoms with Crippen LogP contribution in [0.1, 0.15) is 37.0 Å². The highest BCUT2D eigenvalue weighted by Crippen LogP contribution is 2.23. The Kier molecular flexibility index (Phi) is 5.67. The van der Waals surface area contributed by atoms with Crippen molar-refractivity contribution in [2.75, 3.05) is 25.1 Å². The topological polar surface area (TPSA) is 77.1 Å². The SMILES string of the molecule is COc1ccc(CCC2CC[NH+]([C@@H]3CC(=O)N(c4cc(C)on4)C3=O)CC2)cc1. The fourth-order valence-electron chi connectivity index (χ4n) is 4.50. The van der Waals surface area contributed by atoms with E-state index in [0.29, 0.717) is 17.5 Å². The molecule has 0 spiro atoms. The summed E-state index contributed by atoms with van der Waals surface area (Å²) in [6.45, 7) is 3.62. The minimum Gasteiger partial charge on any atom is -0.497 e. The van der Waals surface area contributed by atoms with Gasteiger partial charge in [0.05, 0.1) is 26.6 Å². The normalized spacial score (nSPS) is 24.9. The van der Waals surface area contributed by atoms with Crippen LogP contribution in [0.5, 0.6) is 5.75 Å². The maximum Gasteiger partial charge on any atom is 0.293 e. The summed E-state index contributed by atoms with van der Waals surface area (Å²) in [6.07, 6.45) is 4.65. The minimum atomic E-state index is -0.290. The monoisotopic (exact) mass is 398 g/mol. The summed E-state index contributed by atoms with van der Waals surface area (Å²) >= 11 is 0. The molecule has 0 saturated carbocycles. The summed E-state index contributed by atoms with van der Waals surface area (Å²) in [5.41, 5.74) is 1.33. The van der Waals surface area contributed by atoms with E-state index in [0.717, 1.165) is 44.5 Å². The van der Waals surface area contributed by atoms with Crippen LogP contribution < -0.4 is 14.5 Å². The van der Waals surface area contributed by atoms with Gasteiger partial charge in [-0.1, -0.05) is 17.3 Å². The second-order valence-electron chi connectivity index (χ2n) is 8.11. The van der Waals surface area contributed by atoms with Crippen molar-refractivity contribution < 1.29 is 23.7 Å². The van der Waals surface area contributed by atoms with Gasteiger partial charge in [-0.05, 0) is 56.2 Å². The van der Waals surface area contributed by atoms with E-state index in [9.17, 15) is 9.59 Å². The zero-order valence-corrected chi connectivity index (χ0v) is 17.0. The molecule has 2 aliphatic heterocycles. The molecule has 1 aromatic carbocycles. The number of anilines is 1. The summed E-state index contributed by atoms with van der Waals surface area (Å²) < 4.78 is 10.2. The van der Waals surface area contributed by atoms with Gasteiger partial charge in [-0.2, -0.15) is 0 Å². The average Bonchev–Trinajstić information content (AvgIpc) is 3.29. The number of ether oxygens (including phenoxy) is 1. The highest BCUT2D eigenvalue weighted by molar-refractivity contribution is 6.21. The Bertz CT molecular complexity index is 868. The van der Waals surface area contributed by atoms with E-state index in [1.807, 2.05) is 12.1 Å². The van der Waals surface area contributed by atoms with Gasteiger partial charge in [0.25, 0.3) is 5.91 Å². The molecule has 0 radical (unpaired) electrons. The van der Waals surface area contributed by atoms with Gasteiger partial charge < -0.3 is 14.2 Å². The average molecular weight is 398 g/mol. The Morgan fingerprint density at radius 2 is 1.93 bits per heavy atom. The van der Waals surface area contributed by atoms with E-state index < -0.39 is 0 Å². The van der Waals surface area contributed by atoms with Crippen molar-refractivity contribution in [1.29, 1.82) is 0 Å². The summed E-state index contributed by atoms with van der Waals surface area (Å²) in [4.78, 5) is 27.7. The molecule has 0 unspecified atom stereocenters. The predicted octanol–water partition coefficient (Wildman–Crippen LogP) is 1.55. The molecule has 4 rings (SSSR count). The van der Waals surface area contributed by atoms with Gasteiger partial charge in [0.2, 0.25) is 5.91 Å². The van der Waals surface area contributed by atoms with Crippen molar-refractivity contribution in [2.45, 2.75) is 45.1 Å². The van der Waals surface area contributed by atoms with Gasteiger partial charge in [0, 0.05) is 6.07 Å². The molecular weight excluding hydrogens is 370 g/mol. The smallest absolute Gasteiger partial charge is 0.293 e. The van der Waals surface area contributed by atoms with Gasteiger partial charge in [0.1, 0.15) is 11.5 Å².